The maximum atomic E-state index is 12.6. The van der Waals surface area contributed by atoms with Gasteiger partial charge in [0, 0.05) is 37.4 Å². The summed E-state index contributed by atoms with van der Waals surface area (Å²) >= 11 is 0. The third-order valence-corrected chi connectivity index (χ3v) is 7.18. The summed E-state index contributed by atoms with van der Waals surface area (Å²) in [5.74, 6) is 0.0364. The Labute approximate surface area is 216 Å². The lowest BCUT2D eigenvalue weighted by molar-refractivity contribution is 0.0696. The normalized spacial score (nSPS) is 18.6. The summed E-state index contributed by atoms with van der Waals surface area (Å²) in [5.41, 5.74) is 4.55. The topological polar surface area (TPSA) is 92.2 Å². The third kappa shape index (κ3) is 5.59. The van der Waals surface area contributed by atoms with Crippen LogP contribution >= 0.6 is 0 Å². The number of rotatable bonds is 7. The van der Waals surface area contributed by atoms with Crippen LogP contribution in [-0.4, -0.2) is 57.7 Å². The highest BCUT2D eigenvalue weighted by molar-refractivity contribution is 5.87. The molecule has 0 spiro atoms. The van der Waals surface area contributed by atoms with Crippen LogP contribution < -0.4 is 4.74 Å². The van der Waals surface area contributed by atoms with Crippen LogP contribution in [-0.2, 0) is 11.3 Å². The molecular formula is C29H31N3O5. The number of carbonyl (C=O) groups excluding carboxylic acids is 1. The van der Waals surface area contributed by atoms with E-state index in [1.165, 1.54) is 17.7 Å². The van der Waals surface area contributed by atoms with E-state index in [1.807, 2.05) is 30.0 Å². The zero-order valence-electron chi connectivity index (χ0n) is 21.1. The Bertz CT molecular complexity index is 1280. The number of aryl methyl sites for hydroxylation is 2. The molecule has 2 fully saturated rings. The number of hydrogen-bond donors (Lipinski definition) is 1. The van der Waals surface area contributed by atoms with Crippen LogP contribution in [0.2, 0.25) is 0 Å². The van der Waals surface area contributed by atoms with E-state index in [2.05, 4.69) is 35.0 Å². The number of carbonyl (C=O) groups is 2. The van der Waals surface area contributed by atoms with Crippen molar-refractivity contribution in [2.75, 3.05) is 19.7 Å². The van der Waals surface area contributed by atoms with E-state index in [0.29, 0.717) is 18.2 Å². The largest absolute Gasteiger partial charge is 0.478 e. The molecule has 0 unspecified atom stereocenters. The monoisotopic (exact) mass is 501 g/mol. The zero-order chi connectivity index (χ0) is 25.9. The van der Waals surface area contributed by atoms with Gasteiger partial charge in [-0.1, -0.05) is 35.9 Å². The van der Waals surface area contributed by atoms with Gasteiger partial charge in [0.25, 0.3) is 0 Å². The standard InChI is InChI=1S/C29H31N3O5/c1-19-4-3-5-22(16-19)26-18-36-29(35)32(26)24-12-14-31(15-13-24)17-23-8-11-27(30-20(23)2)37-25-9-6-21(7-10-25)28(33)34/h3-11,16,24,26H,12-15,17-18H2,1-2H3,(H,33,34)/t26-/m0/s1. The predicted molar refractivity (Wildman–Crippen MR) is 138 cm³/mol. The Hall–Kier alpha value is -3.91. The summed E-state index contributed by atoms with van der Waals surface area (Å²) in [6.45, 7) is 7.01. The van der Waals surface area contributed by atoms with Crippen molar-refractivity contribution in [1.29, 1.82) is 0 Å². The van der Waals surface area contributed by atoms with Crippen LogP contribution in [0.1, 0.15) is 51.6 Å². The zero-order valence-corrected chi connectivity index (χ0v) is 21.1. The fraction of sp³-hybridized carbons (Fsp3) is 0.345. The lowest BCUT2D eigenvalue weighted by Crippen LogP contribution is -2.46. The van der Waals surface area contributed by atoms with Gasteiger partial charge in [-0.05, 0) is 62.1 Å². The molecule has 5 rings (SSSR count). The summed E-state index contributed by atoms with van der Waals surface area (Å²) in [6.07, 6.45) is 1.59. The molecule has 2 aliphatic rings. The number of pyridine rings is 1. The lowest BCUT2D eigenvalue weighted by atomic mass is 9.98. The Balaban J connectivity index is 1.18. The average molecular weight is 502 g/mol. The molecule has 3 heterocycles. The van der Waals surface area contributed by atoms with Crippen LogP contribution in [0, 0.1) is 13.8 Å². The van der Waals surface area contributed by atoms with Gasteiger partial charge in [0.15, 0.2) is 0 Å². The van der Waals surface area contributed by atoms with Crippen LogP contribution in [0.15, 0.2) is 60.7 Å². The van der Waals surface area contributed by atoms with Crippen LogP contribution in [0.3, 0.4) is 0 Å². The van der Waals surface area contributed by atoms with Crippen molar-refractivity contribution in [1.82, 2.24) is 14.8 Å². The number of hydrogen-bond acceptors (Lipinski definition) is 6. The molecule has 1 atom stereocenters. The number of carboxylic acid groups (broad SMARTS) is 1. The smallest absolute Gasteiger partial charge is 0.410 e. The molecule has 2 saturated heterocycles. The molecule has 1 N–H and O–H groups in total. The van der Waals surface area contributed by atoms with Crippen molar-refractivity contribution in [2.45, 2.75) is 45.3 Å². The second-order valence-electron chi connectivity index (χ2n) is 9.75. The minimum Gasteiger partial charge on any atom is -0.478 e. The first-order chi connectivity index (χ1) is 17.9. The Kier molecular flexibility index (Phi) is 7.10. The van der Waals surface area contributed by atoms with Gasteiger partial charge >= 0.3 is 12.1 Å². The van der Waals surface area contributed by atoms with Gasteiger partial charge in [0.05, 0.1) is 11.6 Å². The molecule has 37 heavy (non-hydrogen) atoms. The van der Waals surface area contributed by atoms with Gasteiger partial charge in [-0.3, -0.25) is 9.80 Å². The molecule has 8 nitrogen and oxygen atoms in total. The maximum Gasteiger partial charge on any atom is 0.410 e. The number of carboxylic acids is 1. The van der Waals surface area contributed by atoms with Gasteiger partial charge < -0.3 is 14.6 Å². The van der Waals surface area contributed by atoms with Crippen molar-refractivity contribution in [3.05, 3.63) is 88.6 Å². The third-order valence-electron chi connectivity index (χ3n) is 7.18. The molecule has 0 radical (unpaired) electrons. The molecular weight excluding hydrogens is 470 g/mol. The Morgan fingerprint density at radius 3 is 2.51 bits per heavy atom. The number of benzene rings is 2. The van der Waals surface area contributed by atoms with E-state index >= 15 is 0 Å². The molecule has 192 valence electrons. The van der Waals surface area contributed by atoms with Gasteiger partial charge in [-0.25, -0.2) is 14.6 Å². The lowest BCUT2D eigenvalue weighted by Gasteiger charge is -2.38. The number of aromatic carboxylic acids is 1. The first-order valence-corrected chi connectivity index (χ1v) is 12.6. The van der Waals surface area contributed by atoms with Gasteiger partial charge in [0.2, 0.25) is 5.88 Å². The van der Waals surface area contributed by atoms with E-state index in [4.69, 9.17) is 14.6 Å². The van der Waals surface area contributed by atoms with E-state index in [0.717, 1.165) is 49.3 Å². The summed E-state index contributed by atoms with van der Waals surface area (Å²) < 4.78 is 11.3. The number of piperidine rings is 1. The highest BCUT2D eigenvalue weighted by atomic mass is 16.6. The molecule has 0 saturated carbocycles. The maximum absolute atomic E-state index is 12.6. The SMILES string of the molecule is Cc1cccc([C@@H]2COC(=O)N2C2CCN(Cc3ccc(Oc4ccc(C(=O)O)cc4)nc3C)CC2)c1. The molecule has 0 bridgehead atoms. The number of ether oxygens (including phenoxy) is 2. The van der Waals surface area contributed by atoms with E-state index in [-0.39, 0.29) is 23.7 Å². The fourth-order valence-electron chi connectivity index (χ4n) is 5.14. The van der Waals surface area contributed by atoms with Crippen molar-refractivity contribution < 1.29 is 24.2 Å². The molecule has 1 aromatic heterocycles. The summed E-state index contributed by atoms with van der Waals surface area (Å²) in [6, 6.07) is 18.6. The van der Waals surface area contributed by atoms with Crippen molar-refractivity contribution in [3.63, 3.8) is 0 Å². The molecule has 2 aromatic carbocycles. The van der Waals surface area contributed by atoms with Crippen molar-refractivity contribution >= 4 is 12.1 Å². The highest BCUT2D eigenvalue weighted by Crippen LogP contribution is 2.34. The molecule has 3 aromatic rings. The number of nitrogens with zero attached hydrogens (tertiary/aromatic N) is 3. The highest BCUT2D eigenvalue weighted by Gasteiger charge is 2.40. The van der Waals surface area contributed by atoms with E-state index in [9.17, 15) is 9.59 Å². The predicted octanol–water partition coefficient (Wildman–Crippen LogP) is 5.35. The van der Waals surface area contributed by atoms with Gasteiger partial charge in [0.1, 0.15) is 12.4 Å². The fourth-order valence-corrected chi connectivity index (χ4v) is 5.14. The number of cyclic esters (lactones) is 1. The quantitative estimate of drug-likeness (QED) is 0.467. The van der Waals surface area contributed by atoms with Crippen molar-refractivity contribution in [3.8, 4) is 11.6 Å². The van der Waals surface area contributed by atoms with E-state index < -0.39 is 5.97 Å². The second kappa shape index (κ2) is 10.6. The summed E-state index contributed by atoms with van der Waals surface area (Å²) in [4.78, 5) is 32.6. The Morgan fingerprint density at radius 1 is 1.08 bits per heavy atom. The molecule has 8 heteroatoms. The van der Waals surface area contributed by atoms with Crippen LogP contribution in [0.25, 0.3) is 0 Å². The molecule has 1 amide bonds. The number of aromatic nitrogens is 1. The van der Waals surface area contributed by atoms with Crippen molar-refractivity contribution in [2.24, 2.45) is 0 Å². The molecule has 0 aliphatic carbocycles. The second-order valence-corrected chi connectivity index (χ2v) is 9.75. The molecule has 2 aliphatic heterocycles. The number of likely N-dealkylation sites (tertiary alicyclic amines) is 1. The number of amides is 1. The van der Waals surface area contributed by atoms with Crippen LogP contribution in [0.4, 0.5) is 4.79 Å². The Morgan fingerprint density at radius 2 is 1.84 bits per heavy atom. The summed E-state index contributed by atoms with van der Waals surface area (Å²) in [5, 5.41) is 9.04. The van der Waals surface area contributed by atoms with Gasteiger partial charge in [-0.15, -0.1) is 0 Å². The van der Waals surface area contributed by atoms with E-state index in [1.54, 1.807) is 12.1 Å². The minimum atomic E-state index is -0.972. The first kappa shape index (κ1) is 24.8. The summed E-state index contributed by atoms with van der Waals surface area (Å²) in [7, 11) is 0. The average Bonchev–Trinajstić information content (AvgIpc) is 3.28. The van der Waals surface area contributed by atoms with Crippen LogP contribution in [0.5, 0.6) is 11.6 Å². The minimum absolute atomic E-state index is 0.0248. The first-order valence-electron chi connectivity index (χ1n) is 12.6. The van der Waals surface area contributed by atoms with Gasteiger partial charge in [-0.2, -0.15) is 0 Å².